The summed E-state index contributed by atoms with van der Waals surface area (Å²) in [5.74, 6) is -2.79. The Balaban J connectivity index is 0.647. The van der Waals surface area contributed by atoms with E-state index in [-0.39, 0.29) is 40.4 Å². The Hall–Kier alpha value is -7.09. The minimum absolute atomic E-state index is 0.0370. The number of unbranched alkanes of at least 4 members (excludes halogenated alkanes) is 1. The van der Waals surface area contributed by atoms with Gasteiger partial charge in [-0.25, -0.2) is 23.1 Å². The fraction of sp³-hybridized carbons (Fsp3) is 0.404. The van der Waals surface area contributed by atoms with E-state index in [1.165, 1.54) is 28.8 Å². The van der Waals surface area contributed by atoms with Crippen LogP contribution in [0.1, 0.15) is 62.6 Å². The van der Waals surface area contributed by atoms with Crippen LogP contribution in [0.3, 0.4) is 0 Å². The number of benzene rings is 2. The summed E-state index contributed by atoms with van der Waals surface area (Å²) in [5.41, 5.74) is 9.09. The van der Waals surface area contributed by atoms with Gasteiger partial charge in [0.05, 0.1) is 91.7 Å². The number of carbonyl (C=O) groups excluding carboxylic acids is 5. The number of nitrogens with two attached hydrogens (primary N) is 1. The quantitative estimate of drug-likeness (QED) is 0.0507. The Labute approximate surface area is 409 Å². The number of nitrogen functional groups attached to an aromatic ring is 1. The van der Waals surface area contributed by atoms with Gasteiger partial charge in [-0.05, 0) is 68.6 Å². The molecule has 0 radical (unpaired) electrons. The summed E-state index contributed by atoms with van der Waals surface area (Å²) in [6.45, 7) is 6.04. The van der Waals surface area contributed by atoms with E-state index in [4.69, 9.17) is 19.9 Å². The van der Waals surface area contributed by atoms with E-state index in [0.29, 0.717) is 102 Å². The molecule has 0 aliphatic carbocycles. The summed E-state index contributed by atoms with van der Waals surface area (Å²) >= 11 is 0. The Morgan fingerprint density at radius 3 is 2.35 bits per heavy atom. The van der Waals surface area contributed by atoms with Crippen LogP contribution in [0.2, 0.25) is 0 Å². The number of imide groups is 2. The Bertz CT molecular complexity index is 2810. The van der Waals surface area contributed by atoms with Crippen LogP contribution in [0, 0.1) is 0 Å². The number of anilines is 3. The summed E-state index contributed by atoms with van der Waals surface area (Å²) in [7, 11) is -3.72. The molecule has 3 aliphatic rings. The van der Waals surface area contributed by atoms with E-state index < -0.39 is 45.6 Å². The standard InChI is InChI=1S/C47H55N13O10S/c48-43-42(45(63)52-33-6-4-15-49-29-33)53-38(30-51-43)32-9-11-35(12-10-32)71(66,67)59-20-18-57(19-21-59)17-2-1-5-34-31-58(56-55-34)22-24-69-26-28-70-27-25-68-23-16-50-37-8-3-7-36-41(37)47(65)60(46(36)64)39-13-14-40(61)54-44(39)62/h3-4,6-12,15,29-31,39,50H,1-2,5,13-14,16-28H2,(H2,48,51)(H,52,63)(H,54,61,62). The number of nitrogens with one attached hydrogen (secondary N) is 3. The molecular weight excluding hydrogens is 939 g/mol. The molecule has 1 atom stereocenters. The van der Waals surface area contributed by atoms with E-state index in [1.54, 1.807) is 53.3 Å². The number of piperazine rings is 1. The number of carbonyl (C=O) groups is 5. The highest BCUT2D eigenvalue weighted by atomic mass is 32.2. The molecule has 0 saturated carbocycles. The molecule has 24 heteroatoms. The van der Waals surface area contributed by atoms with Crippen LogP contribution in [0.5, 0.6) is 0 Å². The number of aryl methyl sites for hydroxylation is 1. The highest BCUT2D eigenvalue weighted by Crippen LogP contribution is 2.32. The molecule has 3 aliphatic heterocycles. The first-order chi connectivity index (χ1) is 34.5. The predicted octanol–water partition coefficient (Wildman–Crippen LogP) is 1.86. The van der Waals surface area contributed by atoms with E-state index in [9.17, 15) is 32.4 Å². The average Bonchev–Trinajstić information content (AvgIpc) is 3.94. The van der Waals surface area contributed by atoms with Crippen molar-refractivity contribution in [2.75, 3.05) is 95.3 Å². The number of piperidine rings is 1. The lowest BCUT2D eigenvalue weighted by atomic mass is 10.0. The van der Waals surface area contributed by atoms with Gasteiger partial charge in [0.1, 0.15) is 6.04 Å². The summed E-state index contributed by atoms with van der Waals surface area (Å²) in [5, 5.41) is 16.5. The summed E-state index contributed by atoms with van der Waals surface area (Å²) in [4.78, 5) is 79.0. The van der Waals surface area contributed by atoms with Crippen molar-refractivity contribution < 1.29 is 46.6 Å². The van der Waals surface area contributed by atoms with Gasteiger partial charge in [0.15, 0.2) is 11.5 Å². The first-order valence-corrected chi connectivity index (χ1v) is 24.8. The summed E-state index contributed by atoms with van der Waals surface area (Å²) in [6.07, 6.45) is 9.21. The number of rotatable bonds is 24. The van der Waals surface area contributed by atoms with Gasteiger partial charge in [0.25, 0.3) is 17.7 Å². The first-order valence-electron chi connectivity index (χ1n) is 23.3. The van der Waals surface area contributed by atoms with Gasteiger partial charge in [-0.1, -0.05) is 23.4 Å². The number of sulfonamides is 1. The van der Waals surface area contributed by atoms with Crippen molar-refractivity contribution in [2.24, 2.45) is 0 Å². The second-order valence-corrected chi connectivity index (χ2v) is 18.8. The van der Waals surface area contributed by atoms with Crippen LogP contribution in [0.4, 0.5) is 17.2 Å². The molecule has 0 bridgehead atoms. The maximum Gasteiger partial charge on any atom is 0.278 e. The van der Waals surface area contributed by atoms with Crippen molar-refractivity contribution in [3.8, 4) is 11.3 Å². The molecule has 0 spiro atoms. The number of hydrogen-bond donors (Lipinski definition) is 4. The van der Waals surface area contributed by atoms with Gasteiger partial charge in [0, 0.05) is 62.8 Å². The first kappa shape index (κ1) is 50.3. The van der Waals surface area contributed by atoms with Crippen LogP contribution in [-0.4, -0.2) is 167 Å². The largest absolute Gasteiger partial charge is 0.382 e. The molecule has 5 aromatic rings. The van der Waals surface area contributed by atoms with Crippen LogP contribution in [0.15, 0.2) is 84.3 Å². The SMILES string of the molecule is Nc1ncc(-c2ccc(S(=O)(=O)N3CCN(CCCCc4cn(CCOCCOCCOCCNc5cccc6c5C(=O)N(C5CCC(=O)NC5=O)C6=O)nn4)CC3)cc2)nc1C(=O)Nc1cccnc1. The van der Waals surface area contributed by atoms with Crippen molar-refractivity contribution in [3.63, 3.8) is 0 Å². The molecule has 8 rings (SSSR count). The number of nitrogens with zero attached hydrogens (tertiary/aromatic N) is 9. The monoisotopic (exact) mass is 993 g/mol. The minimum Gasteiger partial charge on any atom is -0.382 e. The van der Waals surface area contributed by atoms with Gasteiger partial charge in [-0.3, -0.25) is 39.2 Å². The van der Waals surface area contributed by atoms with Gasteiger partial charge >= 0.3 is 0 Å². The molecule has 374 valence electrons. The number of aromatic nitrogens is 6. The summed E-state index contributed by atoms with van der Waals surface area (Å²) in [6, 6.07) is 13.6. The lowest BCUT2D eigenvalue weighted by Crippen LogP contribution is -2.54. The highest BCUT2D eigenvalue weighted by molar-refractivity contribution is 7.89. The lowest BCUT2D eigenvalue weighted by molar-refractivity contribution is -0.136. The molecule has 23 nitrogen and oxygen atoms in total. The maximum absolute atomic E-state index is 13.6. The topological polar surface area (TPSA) is 288 Å². The zero-order chi connectivity index (χ0) is 49.7. The third kappa shape index (κ3) is 12.6. The van der Waals surface area contributed by atoms with Gasteiger partial charge < -0.3 is 35.5 Å². The second kappa shape index (κ2) is 23.7. The second-order valence-electron chi connectivity index (χ2n) is 16.8. The molecule has 3 aromatic heterocycles. The van der Waals surface area contributed by atoms with E-state index in [0.717, 1.165) is 36.4 Å². The van der Waals surface area contributed by atoms with E-state index in [2.05, 4.69) is 46.1 Å². The molecule has 1 unspecified atom stereocenters. The van der Waals surface area contributed by atoms with Crippen LogP contribution < -0.4 is 21.7 Å². The van der Waals surface area contributed by atoms with Gasteiger partial charge in [-0.2, -0.15) is 4.31 Å². The molecule has 5 N–H and O–H groups in total. The predicted molar refractivity (Wildman–Crippen MR) is 256 cm³/mol. The number of hydrogen-bond acceptors (Lipinski definition) is 18. The number of ether oxygens (including phenoxy) is 3. The van der Waals surface area contributed by atoms with Crippen molar-refractivity contribution in [3.05, 3.63) is 102 Å². The van der Waals surface area contributed by atoms with Gasteiger partial charge in [-0.15, -0.1) is 5.10 Å². The zero-order valence-electron chi connectivity index (χ0n) is 38.9. The molecule has 2 saturated heterocycles. The number of amides is 5. The van der Waals surface area contributed by atoms with Crippen LogP contribution in [0.25, 0.3) is 11.3 Å². The fourth-order valence-corrected chi connectivity index (χ4v) is 9.72. The van der Waals surface area contributed by atoms with E-state index >= 15 is 0 Å². The zero-order valence-corrected chi connectivity index (χ0v) is 39.7. The lowest BCUT2D eigenvalue weighted by Gasteiger charge is -2.34. The summed E-state index contributed by atoms with van der Waals surface area (Å²) < 4.78 is 47.3. The number of pyridine rings is 1. The maximum atomic E-state index is 13.6. The Morgan fingerprint density at radius 1 is 0.845 bits per heavy atom. The number of fused-ring (bicyclic) bond motifs is 1. The van der Waals surface area contributed by atoms with Crippen molar-refractivity contribution in [1.29, 1.82) is 0 Å². The Morgan fingerprint density at radius 2 is 1.61 bits per heavy atom. The van der Waals surface area contributed by atoms with E-state index in [1.807, 2.05) is 6.20 Å². The highest BCUT2D eigenvalue weighted by Gasteiger charge is 2.45. The van der Waals surface area contributed by atoms with Crippen molar-refractivity contribution in [2.45, 2.75) is 49.6 Å². The average molecular weight is 994 g/mol. The molecule has 2 aromatic carbocycles. The van der Waals surface area contributed by atoms with Crippen LogP contribution in [-0.2, 0) is 46.8 Å². The van der Waals surface area contributed by atoms with Crippen molar-refractivity contribution in [1.82, 2.24) is 49.4 Å². The molecule has 2 fully saturated rings. The molecule has 5 amide bonds. The third-order valence-electron chi connectivity index (χ3n) is 12.0. The smallest absolute Gasteiger partial charge is 0.278 e. The molecular formula is C47H55N13O10S. The molecule has 71 heavy (non-hydrogen) atoms. The van der Waals surface area contributed by atoms with Crippen LogP contribution >= 0.6 is 0 Å². The fourth-order valence-electron chi connectivity index (χ4n) is 8.30. The van der Waals surface area contributed by atoms with Gasteiger partial charge in [0.2, 0.25) is 21.8 Å². The minimum atomic E-state index is -3.72. The van der Waals surface area contributed by atoms with Crippen molar-refractivity contribution >= 4 is 56.8 Å². The third-order valence-corrected chi connectivity index (χ3v) is 13.9. The normalized spacial score (nSPS) is 16.6. The molecule has 6 heterocycles. The Kier molecular flexibility index (Phi) is 16.8.